The lowest BCUT2D eigenvalue weighted by Crippen LogP contribution is -2.41. The van der Waals surface area contributed by atoms with E-state index in [1.165, 1.54) is 11.8 Å². The number of nitrogens with one attached hydrogen (secondary N) is 2. The van der Waals surface area contributed by atoms with E-state index < -0.39 is 0 Å². The van der Waals surface area contributed by atoms with E-state index in [1.807, 2.05) is 0 Å². The topological polar surface area (TPSA) is 98.7 Å². The highest BCUT2D eigenvalue weighted by Crippen LogP contribution is 2.05. The van der Waals surface area contributed by atoms with Crippen LogP contribution in [0, 0.1) is 0 Å². The standard InChI is InChI=1S/C12H20N2O4S/c1-3-11(17)13-9(5-15)7-19-8-10(6-16)14-12(18)4-2/h3-4,9-10,15-16H,1-2,5-8H2,(H,13,17)(H,14,18). The molecule has 0 bridgehead atoms. The summed E-state index contributed by atoms with van der Waals surface area (Å²) in [6, 6.07) is -0.769. The Hall–Kier alpha value is -1.31. The fourth-order valence-corrected chi connectivity index (χ4v) is 2.24. The molecule has 0 saturated heterocycles. The molecule has 0 aliphatic carbocycles. The van der Waals surface area contributed by atoms with Crippen LogP contribution >= 0.6 is 11.8 Å². The van der Waals surface area contributed by atoms with Crippen LogP contribution in [0.1, 0.15) is 0 Å². The molecule has 2 atom stereocenters. The molecule has 0 saturated carbocycles. The summed E-state index contributed by atoms with van der Waals surface area (Å²) in [5.41, 5.74) is 0. The third-order valence-electron chi connectivity index (χ3n) is 2.14. The molecule has 0 rings (SSSR count). The van der Waals surface area contributed by atoms with E-state index in [9.17, 15) is 9.59 Å². The Morgan fingerprint density at radius 1 is 1.00 bits per heavy atom. The highest BCUT2D eigenvalue weighted by atomic mass is 32.2. The second-order valence-electron chi connectivity index (χ2n) is 3.72. The van der Waals surface area contributed by atoms with Gasteiger partial charge in [0.05, 0.1) is 25.3 Å². The molecule has 0 aromatic heterocycles. The van der Waals surface area contributed by atoms with Gasteiger partial charge < -0.3 is 20.8 Å². The molecule has 2 amide bonds. The van der Waals surface area contributed by atoms with E-state index in [2.05, 4.69) is 23.8 Å². The quantitative estimate of drug-likeness (QED) is 0.388. The molecule has 2 unspecified atom stereocenters. The molecule has 0 aromatic rings. The zero-order chi connectivity index (χ0) is 14.7. The van der Waals surface area contributed by atoms with Gasteiger partial charge in [0.1, 0.15) is 0 Å². The van der Waals surface area contributed by atoms with Gasteiger partial charge in [-0.2, -0.15) is 11.8 Å². The summed E-state index contributed by atoms with van der Waals surface area (Å²) in [5, 5.41) is 23.3. The third kappa shape index (κ3) is 8.41. The third-order valence-corrected chi connectivity index (χ3v) is 3.42. The van der Waals surface area contributed by atoms with Gasteiger partial charge in [-0.1, -0.05) is 13.2 Å². The maximum Gasteiger partial charge on any atom is 0.243 e. The minimum absolute atomic E-state index is 0.185. The van der Waals surface area contributed by atoms with Crippen molar-refractivity contribution < 1.29 is 19.8 Å². The minimum Gasteiger partial charge on any atom is -0.394 e. The van der Waals surface area contributed by atoms with Crippen molar-refractivity contribution in [3.05, 3.63) is 25.3 Å². The first-order valence-corrected chi connectivity index (χ1v) is 6.88. The zero-order valence-electron chi connectivity index (χ0n) is 10.7. The van der Waals surface area contributed by atoms with Crippen LogP contribution in [0.3, 0.4) is 0 Å². The fourth-order valence-electron chi connectivity index (χ4n) is 1.15. The van der Waals surface area contributed by atoms with Crippen LogP contribution in [0.4, 0.5) is 0 Å². The molecule has 4 N–H and O–H groups in total. The maximum atomic E-state index is 11.1. The molecule has 0 radical (unpaired) electrons. The van der Waals surface area contributed by atoms with Crippen molar-refractivity contribution in [1.82, 2.24) is 10.6 Å². The normalized spacial score (nSPS) is 13.2. The van der Waals surface area contributed by atoms with Gasteiger partial charge in [-0.15, -0.1) is 0 Å². The number of hydrogen-bond donors (Lipinski definition) is 4. The largest absolute Gasteiger partial charge is 0.394 e. The molecule has 0 fully saturated rings. The summed E-state index contributed by atoms with van der Waals surface area (Å²) in [5.74, 6) is 0.240. The number of carbonyl (C=O) groups excluding carboxylic acids is 2. The van der Waals surface area contributed by atoms with Crippen LogP contribution in [0.25, 0.3) is 0 Å². The van der Waals surface area contributed by atoms with Crippen molar-refractivity contribution in [2.75, 3.05) is 24.7 Å². The van der Waals surface area contributed by atoms with Gasteiger partial charge in [0.2, 0.25) is 11.8 Å². The highest BCUT2D eigenvalue weighted by Gasteiger charge is 2.13. The molecule has 0 aliphatic heterocycles. The first-order valence-electron chi connectivity index (χ1n) is 5.72. The summed E-state index contributed by atoms with van der Waals surface area (Å²) in [6.07, 6.45) is 2.27. The van der Waals surface area contributed by atoms with E-state index in [1.54, 1.807) is 0 Å². The lowest BCUT2D eigenvalue weighted by Gasteiger charge is -2.18. The number of aliphatic hydroxyl groups excluding tert-OH is 2. The summed E-state index contributed by atoms with van der Waals surface area (Å²) >= 11 is 1.41. The average molecular weight is 288 g/mol. The number of carbonyl (C=O) groups is 2. The molecule has 108 valence electrons. The van der Waals surface area contributed by atoms with Gasteiger partial charge in [0.15, 0.2) is 0 Å². The Balaban J connectivity index is 4.01. The lowest BCUT2D eigenvalue weighted by atomic mass is 10.3. The van der Waals surface area contributed by atoms with Crippen molar-refractivity contribution in [2.45, 2.75) is 12.1 Å². The summed E-state index contributed by atoms with van der Waals surface area (Å²) in [7, 11) is 0. The van der Waals surface area contributed by atoms with Crippen molar-refractivity contribution in [2.24, 2.45) is 0 Å². The maximum absolute atomic E-state index is 11.1. The monoisotopic (exact) mass is 288 g/mol. The Morgan fingerprint density at radius 3 is 1.63 bits per heavy atom. The molecule has 6 nitrogen and oxygen atoms in total. The van der Waals surface area contributed by atoms with Gasteiger partial charge in [-0.05, 0) is 12.2 Å². The van der Waals surface area contributed by atoms with E-state index >= 15 is 0 Å². The van der Waals surface area contributed by atoms with Gasteiger partial charge in [-0.3, -0.25) is 9.59 Å². The predicted octanol–water partition coefficient (Wildman–Crippen LogP) is -0.954. The molecule has 0 aliphatic rings. The number of aliphatic hydroxyl groups is 2. The Morgan fingerprint density at radius 2 is 1.37 bits per heavy atom. The molecule has 0 heterocycles. The van der Waals surface area contributed by atoms with Crippen molar-refractivity contribution in [1.29, 1.82) is 0 Å². The summed E-state index contributed by atoms with van der Waals surface area (Å²) in [4.78, 5) is 22.1. The van der Waals surface area contributed by atoms with E-state index in [0.717, 1.165) is 12.2 Å². The molecular weight excluding hydrogens is 268 g/mol. The number of thioether (sulfide) groups is 1. The average Bonchev–Trinajstić information content (AvgIpc) is 2.44. The Labute approximate surface area is 117 Å². The minimum atomic E-state index is -0.384. The molecule has 19 heavy (non-hydrogen) atoms. The van der Waals surface area contributed by atoms with E-state index in [4.69, 9.17) is 10.2 Å². The molecule has 7 heteroatoms. The van der Waals surface area contributed by atoms with Gasteiger partial charge >= 0.3 is 0 Å². The SMILES string of the molecule is C=CC(=O)NC(CO)CSCC(CO)NC(=O)C=C. The summed E-state index contributed by atoms with van der Waals surface area (Å²) in [6.45, 7) is 6.27. The molecular formula is C12H20N2O4S. The zero-order valence-corrected chi connectivity index (χ0v) is 11.5. The van der Waals surface area contributed by atoms with Crippen LogP contribution in [-0.4, -0.2) is 58.8 Å². The molecule has 0 spiro atoms. The Bertz CT molecular complexity index is 293. The second kappa shape index (κ2) is 10.6. The number of hydrogen-bond acceptors (Lipinski definition) is 5. The van der Waals surface area contributed by atoms with Crippen LogP contribution in [0.2, 0.25) is 0 Å². The second-order valence-corrected chi connectivity index (χ2v) is 4.80. The van der Waals surface area contributed by atoms with Gasteiger partial charge in [0, 0.05) is 11.5 Å². The number of rotatable bonds is 10. The van der Waals surface area contributed by atoms with Crippen molar-refractivity contribution >= 4 is 23.6 Å². The Kier molecular flexibility index (Phi) is 9.87. The van der Waals surface area contributed by atoms with Crippen LogP contribution < -0.4 is 10.6 Å². The van der Waals surface area contributed by atoms with Crippen LogP contribution in [0.5, 0.6) is 0 Å². The first kappa shape index (κ1) is 17.7. The van der Waals surface area contributed by atoms with Crippen LogP contribution in [0.15, 0.2) is 25.3 Å². The lowest BCUT2D eigenvalue weighted by molar-refractivity contribution is -0.118. The van der Waals surface area contributed by atoms with Gasteiger partial charge in [0.25, 0.3) is 0 Å². The molecule has 0 aromatic carbocycles. The number of amides is 2. The van der Waals surface area contributed by atoms with Gasteiger partial charge in [-0.25, -0.2) is 0 Å². The fraction of sp³-hybridized carbons (Fsp3) is 0.500. The van der Waals surface area contributed by atoms with E-state index in [0.29, 0.717) is 11.5 Å². The van der Waals surface area contributed by atoms with Crippen LogP contribution in [-0.2, 0) is 9.59 Å². The van der Waals surface area contributed by atoms with E-state index in [-0.39, 0.29) is 37.1 Å². The highest BCUT2D eigenvalue weighted by molar-refractivity contribution is 7.99. The van der Waals surface area contributed by atoms with Crippen molar-refractivity contribution in [3.8, 4) is 0 Å². The summed E-state index contributed by atoms with van der Waals surface area (Å²) < 4.78 is 0. The first-order chi connectivity index (χ1) is 9.07. The smallest absolute Gasteiger partial charge is 0.243 e. The predicted molar refractivity (Wildman–Crippen MR) is 75.8 cm³/mol. The van der Waals surface area contributed by atoms with Crippen molar-refractivity contribution in [3.63, 3.8) is 0 Å².